The molecule has 1 N–H and O–H groups in total. The van der Waals surface area contributed by atoms with Crippen LogP contribution in [0.1, 0.15) is 25.3 Å². The highest BCUT2D eigenvalue weighted by Gasteiger charge is 2.05. The van der Waals surface area contributed by atoms with E-state index in [1.165, 1.54) is 5.56 Å². The van der Waals surface area contributed by atoms with Gasteiger partial charge in [0.25, 0.3) is 0 Å². The zero-order chi connectivity index (χ0) is 13.3. The first-order valence-corrected chi connectivity index (χ1v) is 8.41. The highest BCUT2D eigenvalue weighted by atomic mass is 32.2. The topological polar surface area (TPSA) is 46.2 Å². The highest BCUT2D eigenvalue weighted by molar-refractivity contribution is 7.91. The Bertz CT molecular complexity index is 415. The number of benzene rings is 1. The van der Waals surface area contributed by atoms with E-state index in [0.29, 0.717) is 12.2 Å². The Morgan fingerprint density at radius 1 is 1.06 bits per heavy atom. The van der Waals surface area contributed by atoms with Gasteiger partial charge in [-0.2, -0.15) is 0 Å². The second-order valence-electron chi connectivity index (χ2n) is 4.43. The molecule has 0 amide bonds. The number of rotatable bonds is 9. The van der Waals surface area contributed by atoms with Crippen molar-refractivity contribution in [3.8, 4) is 0 Å². The standard InChI is InChI=1S/C14H23NO2S/c1-2-18(16,17)13-7-12-15-11-6-10-14-8-4-3-5-9-14/h3-5,8-9,15H,2,6-7,10-13H2,1H3. The van der Waals surface area contributed by atoms with Crippen molar-refractivity contribution in [1.29, 1.82) is 0 Å². The van der Waals surface area contributed by atoms with E-state index in [1.54, 1.807) is 6.92 Å². The van der Waals surface area contributed by atoms with Gasteiger partial charge in [-0.1, -0.05) is 37.3 Å². The molecule has 0 aromatic heterocycles. The molecule has 0 saturated carbocycles. The third-order valence-electron chi connectivity index (χ3n) is 2.91. The molecule has 1 aromatic rings. The van der Waals surface area contributed by atoms with E-state index in [1.807, 2.05) is 6.07 Å². The van der Waals surface area contributed by atoms with Crippen molar-refractivity contribution >= 4 is 9.84 Å². The molecule has 18 heavy (non-hydrogen) atoms. The van der Waals surface area contributed by atoms with Crippen LogP contribution in [0.3, 0.4) is 0 Å². The van der Waals surface area contributed by atoms with E-state index in [0.717, 1.165) is 25.9 Å². The third kappa shape index (κ3) is 6.77. The van der Waals surface area contributed by atoms with Crippen molar-refractivity contribution in [3.05, 3.63) is 35.9 Å². The summed E-state index contributed by atoms with van der Waals surface area (Å²) in [5.41, 5.74) is 1.35. The molecule has 0 spiro atoms. The molecular weight excluding hydrogens is 246 g/mol. The summed E-state index contributed by atoms with van der Waals surface area (Å²) < 4.78 is 22.5. The summed E-state index contributed by atoms with van der Waals surface area (Å²) in [6, 6.07) is 10.4. The lowest BCUT2D eigenvalue weighted by atomic mass is 10.1. The van der Waals surface area contributed by atoms with Gasteiger partial charge in [-0.25, -0.2) is 8.42 Å². The van der Waals surface area contributed by atoms with Crippen molar-refractivity contribution in [2.75, 3.05) is 24.6 Å². The highest BCUT2D eigenvalue weighted by Crippen LogP contribution is 2.01. The quantitative estimate of drug-likeness (QED) is 0.698. The van der Waals surface area contributed by atoms with Crippen LogP contribution in [0.2, 0.25) is 0 Å². The summed E-state index contributed by atoms with van der Waals surface area (Å²) in [7, 11) is -2.80. The van der Waals surface area contributed by atoms with Crippen molar-refractivity contribution in [1.82, 2.24) is 5.32 Å². The Labute approximate surface area is 111 Å². The second kappa shape index (κ2) is 8.27. The van der Waals surface area contributed by atoms with Gasteiger partial charge in [0, 0.05) is 5.75 Å². The second-order valence-corrected chi connectivity index (χ2v) is 6.90. The molecule has 102 valence electrons. The maximum absolute atomic E-state index is 11.2. The van der Waals surface area contributed by atoms with Crippen LogP contribution in [0.15, 0.2) is 30.3 Å². The van der Waals surface area contributed by atoms with Crippen molar-refractivity contribution in [2.24, 2.45) is 0 Å². The molecule has 0 aliphatic heterocycles. The van der Waals surface area contributed by atoms with Gasteiger partial charge in [0.1, 0.15) is 9.84 Å². The number of aryl methyl sites for hydroxylation is 1. The minimum absolute atomic E-state index is 0.251. The van der Waals surface area contributed by atoms with E-state index in [-0.39, 0.29) is 5.75 Å². The average molecular weight is 269 g/mol. The lowest BCUT2D eigenvalue weighted by Crippen LogP contribution is -2.20. The molecular formula is C14H23NO2S. The van der Waals surface area contributed by atoms with Gasteiger partial charge in [-0.05, 0) is 37.9 Å². The SMILES string of the molecule is CCS(=O)(=O)CCCNCCCc1ccccc1. The van der Waals surface area contributed by atoms with Crippen LogP contribution >= 0.6 is 0 Å². The first kappa shape index (κ1) is 15.2. The zero-order valence-corrected chi connectivity index (χ0v) is 11.9. The fourth-order valence-corrected chi connectivity index (χ4v) is 2.62. The van der Waals surface area contributed by atoms with Gasteiger partial charge in [0.15, 0.2) is 0 Å². The smallest absolute Gasteiger partial charge is 0.150 e. The number of sulfone groups is 1. The van der Waals surface area contributed by atoms with Crippen LogP contribution in [-0.4, -0.2) is 33.0 Å². The minimum atomic E-state index is -2.80. The summed E-state index contributed by atoms with van der Waals surface area (Å²) in [6.45, 7) is 3.43. The Hall–Kier alpha value is -0.870. The normalized spacial score (nSPS) is 11.6. The van der Waals surface area contributed by atoms with Crippen LogP contribution in [0.5, 0.6) is 0 Å². The monoisotopic (exact) mass is 269 g/mol. The van der Waals surface area contributed by atoms with Gasteiger partial charge < -0.3 is 5.32 Å². The lowest BCUT2D eigenvalue weighted by molar-refractivity contribution is 0.588. The fourth-order valence-electron chi connectivity index (χ4n) is 1.75. The van der Waals surface area contributed by atoms with E-state index < -0.39 is 9.84 Å². The Balaban J connectivity index is 2.00. The van der Waals surface area contributed by atoms with Gasteiger partial charge in [-0.15, -0.1) is 0 Å². The lowest BCUT2D eigenvalue weighted by Gasteiger charge is -2.05. The van der Waals surface area contributed by atoms with E-state index in [2.05, 4.69) is 29.6 Å². The Morgan fingerprint density at radius 3 is 2.39 bits per heavy atom. The van der Waals surface area contributed by atoms with Crippen molar-refractivity contribution < 1.29 is 8.42 Å². The molecule has 1 rings (SSSR count). The maximum atomic E-state index is 11.2. The van der Waals surface area contributed by atoms with Crippen LogP contribution in [0, 0.1) is 0 Å². The number of hydrogen-bond acceptors (Lipinski definition) is 3. The molecule has 0 saturated heterocycles. The molecule has 4 heteroatoms. The number of nitrogens with one attached hydrogen (secondary N) is 1. The molecule has 0 atom stereocenters. The van der Waals surface area contributed by atoms with Crippen molar-refractivity contribution in [2.45, 2.75) is 26.2 Å². The van der Waals surface area contributed by atoms with Crippen LogP contribution in [0.25, 0.3) is 0 Å². The molecule has 0 heterocycles. The largest absolute Gasteiger partial charge is 0.317 e. The molecule has 0 unspecified atom stereocenters. The van der Waals surface area contributed by atoms with Gasteiger partial charge in [0.2, 0.25) is 0 Å². The van der Waals surface area contributed by atoms with Gasteiger partial charge in [-0.3, -0.25) is 0 Å². The van der Waals surface area contributed by atoms with Crippen LogP contribution < -0.4 is 5.32 Å². The molecule has 0 aliphatic carbocycles. The molecule has 3 nitrogen and oxygen atoms in total. The first-order valence-electron chi connectivity index (χ1n) is 6.59. The van der Waals surface area contributed by atoms with Gasteiger partial charge >= 0.3 is 0 Å². The third-order valence-corrected chi connectivity index (χ3v) is 4.70. The zero-order valence-electron chi connectivity index (χ0n) is 11.1. The van der Waals surface area contributed by atoms with E-state index >= 15 is 0 Å². The Morgan fingerprint density at radius 2 is 1.72 bits per heavy atom. The average Bonchev–Trinajstić information content (AvgIpc) is 2.39. The van der Waals surface area contributed by atoms with E-state index in [4.69, 9.17) is 0 Å². The molecule has 0 fully saturated rings. The first-order chi connectivity index (χ1) is 8.64. The van der Waals surface area contributed by atoms with Crippen molar-refractivity contribution in [3.63, 3.8) is 0 Å². The summed E-state index contributed by atoms with van der Waals surface area (Å²) in [4.78, 5) is 0. The minimum Gasteiger partial charge on any atom is -0.317 e. The number of hydrogen-bond donors (Lipinski definition) is 1. The Kier molecular flexibility index (Phi) is 6.98. The van der Waals surface area contributed by atoms with E-state index in [9.17, 15) is 8.42 Å². The maximum Gasteiger partial charge on any atom is 0.150 e. The summed E-state index contributed by atoms with van der Waals surface area (Å²) in [6.07, 6.45) is 2.87. The fraction of sp³-hybridized carbons (Fsp3) is 0.571. The summed E-state index contributed by atoms with van der Waals surface area (Å²) in [5, 5.41) is 3.29. The van der Waals surface area contributed by atoms with Crippen LogP contribution in [-0.2, 0) is 16.3 Å². The predicted molar refractivity (Wildman–Crippen MR) is 76.6 cm³/mol. The molecule has 1 aromatic carbocycles. The molecule has 0 aliphatic rings. The summed E-state index contributed by atoms with van der Waals surface area (Å²) >= 11 is 0. The van der Waals surface area contributed by atoms with Gasteiger partial charge in [0.05, 0.1) is 5.75 Å². The summed E-state index contributed by atoms with van der Waals surface area (Å²) in [5.74, 6) is 0.552. The molecule has 0 radical (unpaired) electrons. The molecule has 0 bridgehead atoms. The van der Waals surface area contributed by atoms with Crippen LogP contribution in [0.4, 0.5) is 0 Å². The predicted octanol–water partition coefficient (Wildman–Crippen LogP) is 2.03.